The van der Waals surface area contributed by atoms with Crippen LogP contribution in [0.2, 0.25) is 0 Å². The molecule has 0 saturated carbocycles. The maximum absolute atomic E-state index is 11.5. The molecular formula is C19H38O4Sn. The molecule has 0 rings (SSSR count). The first-order valence-corrected chi connectivity index (χ1v) is 9.74. The Morgan fingerprint density at radius 2 is 1.29 bits per heavy atom. The third-order valence-electron chi connectivity index (χ3n) is 3.98. The van der Waals surface area contributed by atoms with Gasteiger partial charge in [0.05, 0.1) is 6.61 Å². The van der Waals surface area contributed by atoms with Crippen molar-refractivity contribution in [2.24, 2.45) is 0 Å². The van der Waals surface area contributed by atoms with Gasteiger partial charge in [-0.1, -0.05) is 85.0 Å². The molecule has 0 aromatic carbocycles. The van der Waals surface area contributed by atoms with Gasteiger partial charge in [0.1, 0.15) is 6.10 Å². The van der Waals surface area contributed by atoms with E-state index in [0.29, 0.717) is 6.61 Å². The monoisotopic (exact) mass is 450 g/mol. The fraction of sp³-hybridized carbons (Fsp3) is 0.947. The van der Waals surface area contributed by atoms with E-state index in [1.54, 1.807) is 0 Å². The Hall–Kier alpha value is 0.0287. The molecule has 0 heterocycles. The summed E-state index contributed by atoms with van der Waals surface area (Å²) in [5.74, 6) is 0. The van der Waals surface area contributed by atoms with Gasteiger partial charge in [-0.05, 0) is 19.3 Å². The van der Waals surface area contributed by atoms with E-state index >= 15 is 0 Å². The Labute approximate surface area is 166 Å². The summed E-state index contributed by atoms with van der Waals surface area (Å²) < 4.78 is 4.98. The maximum atomic E-state index is 11.5. The molecule has 0 saturated heterocycles. The third kappa shape index (κ3) is 18.4. The van der Waals surface area contributed by atoms with Crippen molar-refractivity contribution in [2.45, 2.75) is 110 Å². The van der Waals surface area contributed by atoms with E-state index in [4.69, 9.17) is 14.5 Å². The second-order valence-electron chi connectivity index (χ2n) is 6.31. The van der Waals surface area contributed by atoms with Gasteiger partial charge >= 0.3 is 6.16 Å². The second kappa shape index (κ2) is 21.1. The predicted octanol–water partition coefficient (Wildman–Crippen LogP) is 6.19. The standard InChI is InChI=1S/C19H38O4.Sn/c1-4-7-10-11-12-13-16-18(15-9-6-3)22-23-19(20)21-17-14-8-5-2;/h18H,4-17H2,1-3H3;. The molecule has 142 valence electrons. The third-order valence-corrected chi connectivity index (χ3v) is 3.98. The molecule has 0 bridgehead atoms. The number of unbranched alkanes of at least 4 members (excludes halogenated alkanes) is 8. The Morgan fingerprint density at radius 3 is 1.96 bits per heavy atom. The average Bonchev–Trinajstić information content (AvgIpc) is 2.56. The first-order valence-electron chi connectivity index (χ1n) is 9.74. The van der Waals surface area contributed by atoms with E-state index in [-0.39, 0.29) is 30.0 Å². The molecule has 0 aliphatic rings. The molecule has 0 fully saturated rings. The number of rotatable bonds is 16. The van der Waals surface area contributed by atoms with Crippen molar-refractivity contribution in [3.63, 3.8) is 0 Å². The van der Waals surface area contributed by atoms with E-state index in [1.165, 1.54) is 32.1 Å². The van der Waals surface area contributed by atoms with Crippen LogP contribution in [0.5, 0.6) is 0 Å². The molecule has 0 N–H and O–H groups in total. The van der Waals surface area contributed by atoms with Crippen LogP contribution in [-0.2, 0) is 14.5 Å². The predicted molar refractivity (Wildman–Crippen MR) is 100 cm³/mol. The molecule has 0 aromatic rings. The first kappa shape index (κ1) is 26.3. The molecular weight excluding hydrogens is 411 g/mol. The molecule has 0 amide bonds. The Bertz CT molecular complexity index is 262. The Balaban J connectivity index is 0. The molecule has 0 aliphatic heterocycles. The molecule has 0 aromatic heterocycles. The Kier molecular flexibility index (Phi) is 23.1. The van der Waals surface area contributed by atoms with Crippen LogP contribution in [-0.4, -0.2) is 42.8 Å². The minimum Gasteiger partial charge on any atom is -0.432 e. The van der Waals surface area contributed by atoms with Gasteiger partial charge < -0.3 is 4.74 Å². The minimum absolute atomic E-state index is 0. The van der Waals surface area contributed by atoms with Crippen LogP contribution in [0.15, 0.2) is 0 Å². The summed E-state index contributed by atoms with van der Waals surface area (Å²) in [5.41, 5.74) is 0. The van der Waals surface area contributed by atoms with Crippen LogP contribution in [0.3, 0.4) is 0 Å². The van der Waals surface area contributed by atoms with Crippen molar-refractivity contribution in [3.8, 4) is 0 Å². The number of carbonyl (C=O) groups excluding carboxylic acids is 1. The summed E-state index contributed by atoms with van der Waals surface area (Å²) >= 11 is 0. The van der Waals surface area contributed by atoms with Crippen molar-refractivity contribution >= 4 is 30.1 Å². The molecule has 4 radical (unpaired) electrons. The van der Waals surface area contributed by atoms with E-state index in [2.05, 4.69) is 20.8 Å². The molecule has 1 atom stereocenters. The van der Waals surface area contributed by atoms with E-state index < -0.39 is 6.16 Å². The van der Waals surface area contributed by atoms with Crippen LogP contribution in [0, 0.1) is 0 Å². The summed E-state index contributed by atoms with van der Waals surface area (Å²) in [6.07, 6.45) is 14.0. The molecule has 24 heavy (non-hydrogen) atoms. The smallest absolute Gasteiger partial charge is 0.432 e. The SMILES string of the molecule is CCCCCCCCC(CCCC)OOC(=O)OCCCCC.[Sn]. The van der Waals surface area contributed by atoms with Crippen molar-refractivity contribution < 1.29 is 19.3 Å². The van der Waals surface area contributed by atoms with Crippen LogP contribution in [0.4, 0.5) is 4.79 Å². The zero-order valence-electron chi connectivity index (χ0n) is 16.1. The quantitative estimate of drug-likeness (QED) is 0.0927. The number of ether oxygens (including phenoxy) is 1. The molecule has 1 unspecified atom stereocenters. The van der Waals surface area contributed by atoms with Gasteiger partial charge in [0, 0.05) is 23.9 Å². The van der Waals surface area contributed by atoms with Crippen molar-refractivity contribution in [1.82, 2.24) is 0 Å². The van der Waals surface area contributed by atoms with E-state index in [1.807, 2.05) is 0 Å². The van der Waals surface area contributed by atoms with Gasteiger partial charge in [0.15, 0.2) is 0 Å². The zero-order chi connectivity index (χ0) is 17.2. The van der Waals surface area contributed by atoms with Crippen LogP contribution in [0.1, 0.15) is 104 Å². The molecule has 5 heteroatoms. The van der Waals surface area contributed by atoms with Gasteiger partial charge in [-0.3, -0.25) is 4.89 Å². The average molecular weight is 449 g/mol. The van der Waals surface area contributed by atoms with Crippen molar-refractivity contribution in [3.05, 3.63) is 0 Å². The fourth-order valence-electron chi connectivity index (χ4n) is 2.46. The normalized spacial score (nSPS) is 11.6. The van der Waals surface area contributed by atoms with Gasteiger partial charge in [-0.2, -0.15) is 4.89 Å². The van der Waals surface area contributed by atoms with E-state index in [9.17, 15) is 4.79 Å². The summed E-state index contributed by atoms with van der Waals surface area (Å²) in [6, 6.07) is 0. The molecule has 0 aliphatic carbocycles. The number of hydrogen-bond acceptors (Lipinski definition) is 4. The number of carbonyl (C=O) groups is 1. The Morgan fingerprint density at radius 1 is 0.750 bits per heavy atom. The van der Waals surface area contributed by atoms with Gasteiger partial charge in [-0.15, -0.1) is 0 Å². The van der Waals surface area contributed by atoms with Gasteiger partial charge in [0.2, 0.25) is 0 Å². The number of hydrogen-bond donors (Lipinski definition) is 0. The van der Waals surface area contributed by atoms with Gasteiger partial charge in [-0.25, -0.2) is 4.79 Å². The molecule has 4 nitrogen and oxygen atoms in total. The zero-order valence-corrected chi connectivity index (χ0v) is 19.0. The summed E-state index contributed by atoms with van der Waals surface area (Å²) in [4.78, 5) is 21.6. The van der Waals surface area contributed by atoms with Gasteiger partial charge in [0.25, 0.3) is 0 Å². The first-order chi connectivity index (χ1) is 11.2. The second-order valence-corrected chi connectivity index (χ2v) is 6.31. The maximum Gasteiger partial charge on any atom is 0.540 e. The summed E-state index contributed by atoms with van der Waals surface area (Å²) in [7, 11) is 0. The van der Waals surface area contributed by atoms with Crippen molar-refractivity contribution in [2.75, 3.05) is 6.61 Å². The summed E-state index contributed by atoms with van der Waals surface area (Å²) in [6.45, 7) is 6.91. The fourth-order valence-corrected chi connectivity index (χ4v) is 2.46. The topological polar surface area (TPSA) is 44.8 Å². The molecule has 0 spiro atoms. The van der Waals surface area contributed by atoms with Crippen LogP contribution in [0.25, 0.3) is 0 Å². The van der Waals surface area contributed by atoms with E-state index in [0.717, 1.165) is 51.4 Å². The largest absolute Gasteiger partial charge is 0.540 e. The van der Waals surface area contributed by atoms with Crippen LogP contribution < -0.4 is 0 Å². The van der Waals surface area contributed by atoms with Crippen LogP contribution >= 0.6 is 0 Å². The van der Waals surface area contributed by atoms with Crippen molar-refractivity contribution in [1.29, 1.82) is 0 Å². The minimum atomic E-state index is -0.703. The summed E-state index contributed by atoms with van der Waals surface area (Å²) in [5, 5.41) is 0.